The molecule has 1 atom stereocenters. The van der Waals surface area contributed by atoms with Crippen LogP contribution in [0, 0.1) is 0 Å². The third-order valence-corrected chi connectivity index (χ3v) is 2.23. The van der Waals surface area contributed by atoms with E-state index in [0.29, 0.717) is 16.3 Å². The number of ether oxygens (including phenoxy) is 2. The summed E-state index contributed by atoms with van der Waals surface area (Å²) in [5.74, 6) is -0.323. The molecule has 82 valence electrons. The first-order chi connectivity index (χ1) is 7.10. The van der Waals surface area contributed by atoms with Crippen LogP contribution in [0.15, 0.2) is 18.2 Å². The van der Waals surface area contributed by atoms with Gasteiger partial charge in [-0.2, -0.15) is 0 Å². The number of carbonyl (C=O) groups is 1. The molecule has 0 saturated heterocycles. The molecular weight excluding hydrogens is 220 g/mol. The molecule has 1 unspecified atom stereocenters. The van der Waals surface area contributed by atoms with Gasteiger partial charge in [0.1, 0.15) is 5.75 Å². The Labute approximate surface area is 92.4 Å². The Morgan fingerprint density at radius 3 is 2.67 bits per heavy atom. The van der Waals surface area contributed by atoms with Crippen LogP contribution in [0.5, 0.6) is 5.75 Å². The summed E-state index contributed by atoms with van der Waals surface area (Å²) in [7, 11) is 2.66. The maximum absolute atomic E-state index is 11.1. The summed E-state index contributed by atoms with van der Waals surface area (Å²) in [6, 6.07) is 4.57. The SMILES string of the molecule is COC(=O)C(O)c1ccc(Cl)c(OC)c1. The monoisotopic (exact) mass is 230 g/mol. The minimum Gasteiger partial charge on any atom is -0.495 e. The van der Waals surface area contributed by atoms with Crippen molar-refractivity contribution >= 4 is 17.6 Å². The van der Waals surface area contributed by atoms with E-state index in [1.807, 2.05) is 0 Å². The zero-order chi connectivity index (χ0) is 11.4. The van der Waals surface area contributed by atoms with Gasteiger partial charge in [0.05, 0.1) is 19.2 Å². The third-order valence-electron chi connectivity index (χ3n) is 1.92. The van der Waals surface area contributed by atoms with E-state index in [4.69, 9.17) is 16.3 Å². The summed E-state index contributed by atoms with van der Waals surface area (Å²) in [5, 5.41) is 9.94. The van der Waals surface area contributed by atoms with Gasteiger partial charge >= 0.3 is 5.97 Å². The first-order valence-electron chi connectivity index (χ1n) is 4.19. The van der Waals surface area contributed by atoms with E-state index in [9.17, 15) is 9.90 Å². The van der Waals surface area contributed by atoms with Crippen LogP contribution in [-0.4, -0.2) is 25.3 Å². The van der Waals surface area contributed by atoms with Gasteiger partial charge in [-0.1, -0.05) is 17.7 Å². The van der Waals surface area contributed by atoms with Crippen molar-refractivity contribution in [2.24, 2.45) is 0 Å². The molecule has 5 heteroatoms. The van der Waals surface area contributed by atoms with Crippen molar-refractivity contribution in [3.63, 3.8) is 0 Å². The average Bonchev–Trinajstić information content (AvgIpc) is 2.27. The fourth-order valence-electron chi connectivity index (χ4n) is 1.09. The Balaban J connectivity index is 3.00. The highest BCUT2D eigenvalue weighted by Crippen LogP contribution is 2.28. The van der Waals surface area contributed by atoms with Gasteiger partial charge in [0.15, 0.2) is 6.10 Å². The van der Waals surface area contributed by atoms with Crippen LogP contribution >= 0.6 is 11.6 Å². The number of esters is 1. The van der Waals surface area contributed by atoms with Gasteiger partial charge in [0, 0.05) is 0 Å². The quantitative estimate of drug-likeness (QED) is 0.801. The Hall–Kier alpha value is -1.26. The van der Waals surface area contributed by atoms with Crippen LogP contribution in [0.1, 0.15) is 11.7 Å². The summed E-state index contributed by atoms with van der Waals surface area (Å²) in [6.07, 6.45) is -1.32. The van der Waals surface area contributed by atoms with Crippen LogP contribution in [0.4, 0.5) is 0 Å². The number of carbonyl (C=O) groups excluding carboxylic acids is 1. The predicted molar refractivity (Wildman–Crippen MR) is 55.0 cm³/mol. The molecule has 0 aliphatic rings. The average molecular weight is 231 g/mol. The molecule has 15 heavy (non-hydrogen) atoms. The highest BCUT2D eigenvalue weighted by atomic mass is 35.5. The van der Waals surface area contributed by atoms with E-state index in [0.717, 1.165) is 0 Å². The van der Waals surface area contributed by atoms with Crippen molar-refractivity contribution in [2.45, 2.75) is 6.10 Å². The molecule has 0 saturated carbocycles. The summed E-state index contributed by atoms with van der Waals surface area (Å²) < 4.78 is 9.36. The number of halogens is 1. The molecule has 0 aliphatic carbocycles. The molecule has 1 rings (SSSR count). The topological polar surface area (TPSA) is 55.8 Å². The number of hydrogen-bond acceptors (Lipinski definition) is 4. The molecular formula is C10H11ClO4. The highest BCUT2D eigenvalue weighted by Gasteiger charge is 2.18. The number of methoxy groups -OCH3 is 2. The van der Waals surface area contributed by atoms with Gasteiger partial charge in [-0.15, -0.1) is 0 Å². The molecule has 0 amide bonds. The molecule has 0 spiro atoms. The molecule has 1 aromatic rings. The maximum Gasteiger partial charge on any atom is 0.339 e. The fourth-order valence-corrected chi connectivity index (χ4v) is 1.29. The van der Waals surface area contributed by atoms with Crippen molar-refractivity contribution < 1.29 is 19.4 Å². The minimum absolute atomic E-state index is 0.378. The second kappa shape index (κ2) is 5.00. The molecule has 0 fully saturated rings. The largest absolute Gasteiger partial charge is 0.495 e. The second-order valence-corrected chi connectivity index (χ2v) is 3.23. The molecule has 0 aliphatic heterocycles. The van der Waals surface area contributed by atoms with Crippen LogP contribution in [0.3, 0.4) is 0 Å². The van der Waals surface area contributed by atoms with Crippen molar-refractivity contribution in [1.82, 2.24) is 0 Å². The standard InChI is InChI=1S/C10H11ClO4/c1-14-8-5-6(3-4-7(8)11)9(12)10(13)15-2/h3-5,9,12H,1-2H3. The first kappa shape index (κ1) is 11.8. The Kier molecular flexibility index (Phi) is 3.94. The van der Waals surface area contributed by atoms with E-state index in [1.54, 1.807) is 6.07 Å². The second-order valence-electron chi connectivity index (χ2n) is 2.82. The summed E-state index contributed by atoms with van der Waals surface area (Å²) in [4.78, 5) is 11.1. The Morgan fingerprint density at radius 1 is 1.47 bits per heavy atom. The summed E-state index contributed by atoms with van der Waals surface area (Å²) >= 11 is 5.79. The van der Waals surface area contributed by atoms with Crippen molar-refractivity contribution in [2.75, 3.05) is 14.2 Å². The lowest BCUT2D eigenvalue weighted by atomic mass is 10.1. The zero-order valence-electron chi connectivity index (χ0n) is 8.36. The van der Waals surface area contributed by atoms with Gasteiger partial charge in [-0.25, -0.2) is 4.79 Å². The maximum atomic E-state index is 11.1. The number of hydrogen-bond donors (Lipinski definition) is 1. The van der Waals surface area contributed by atoms with Gasteiger partial charge in [0.2, 0.25) is 0 Å². The molecule has 1 aromatic carbocycles. The van der Waals surface area contributed by atoms with Gasteiger partial charge in [-0.3, -0.25) is 0 Å². The number of aliphatic hydroxyl groups excluding tert-OH is 1. The molecule has 0 aromatic heterocycles. The summed E-state index contributed by atoms with van der Waals surface area (Å²) in [6.45, 7) is 0. The number of benzene rings is 1. The highest BCUT2D eigenvalue weighted by molar-refractivity contribution is 6.32. The summed E-state index contributed by atoms with van der Waals surface area (Å²) in [5.41, 5.74) is 0.378. The van der Waals surface area contributed by atoms with E-state index in [1.165, 1.54) is 26.4 Å². The minimum atomic E-state index is -1.32. The van der Waals surface area contributed by atoms with Gasteiger partial charge in [-0.05, 0) is 17.7 Å². The van der Waals surface area contributed by atoms with Crippen molar-refractivity contribution in [1.29, 1.82) is 0 Å². The van der Waals surface area contributed by atoms with Crippen LogP contribution in [0.2, 0.25) is 5.02 Å². The van der Waals surface area contributed by atoms with Gasteiger partial charge in [0.25, 0.3) is 0 Å². The van der Waals surface area contributed by atoms with E-state index < -0.39 is 12.1 Å². The lowest BCUT2D eigenvalue weighted by molar-refractivity contribution is -0.150. The third kappa shape index (κ3) is 2.61. The Morgan fingerprint density at radius 2 is 2.13 bits per heavy atom. The van der Waals surface area contributed by atoms with E-state index in [2.05, 4.69) is 4.74 Å². The van der Waals surface area contributed by atoms with Crippen LogP contribution in [-0.2, 0) is 9.53 Å². The molecule has 0 radical (unpaired) electrons. The normalized spacial score (nSPS) is 12.0. The van der Waals surface area contributed by atoms with E-state index in [-0.39, 0.29) is 0 Å². The van der Waals surface area contributed by atoms with Crippen LogP contribution in [0.25, 0.3) is 0 Å². The number of rotatable bonds is 3. The van der Waals surface area contributed by atoms with Gasteiger partial charge < -0.3 is 14.6 Å². The predicted octanol–water partition coefficient (Wildman–Crippen LogP) is 1.55. The lowest BCUT2D eigenvalue weighted by Gasteiger charge is -2.10. The molecule has 1 N–H and O–H groups in total. The Bertz CT molecular complexity index is 364. The van der Waals surface area contributed by atoms with Crippen molar-refractivity contribution in [3.05, 3.63) is 28.8 Å². The fraction of sp³-hybridized carbons (Fsp3) is 0.300. The van der Waals surface area contributed by atoms with Crippen LogP contribution < -0.4 is 4.74 Å². The molecule has 4 nitrogen and oxygen atoms in total. The lowest BCUT2D eigenvalue weighted by Crippen LogP contribution is -2.13. The zero-order valence-corrected chi connectivity index (χ0v) is 9.12. The van der Waals surface area contributed by atoms with E-state index >= 15 is 0 Å². The number of aliphatic hydroxyl groups is 1. The molecule has 0 bridgehead atoms. The molecule has 0 heterocycles. The van der Waals surface area contributed by atoms with Crippen molar-refractivity contribution in [3.8, 4) is 5.75 Å². The smallest absolute Gasteiger partial charge is 0.339 e. The first-order valence-corrected chi connectivity index (χ1v) is 4.57.